The predicted octanol–water partition coefficient (Wildman–Crippen LogP) is 4.14. The molecule has 112 valence electrons. The molecule has 0 saturated heterocycles. The van der Waals surface area contributed by atoms with Gasteiger partial charge in [-0.3, -0.25) is 4.79 Å². The lowest BCUT2D eigenvalue weighted by Gasteiger charge is -2.13. The number of nitrogens with zero attached hydrogens (tertiary/aromatic N) is 2. The molecule has 0 unspecified atom stereocenters. The Morgan fingerprint density at radius 2 is 2.10 bits per heavy atom. The number of nitrogens with one attached hydrogen (secondary N) is 1. The average Bonchev–Trinajstić information content (AvgIpc) is 2.80. The molecule has 5 heteroatoms. The van der Waals surface area contributed by atoms with Crippen LogP contribution in [0.4, 0.5) is 5.82 Å². The van der Waals surface area contributed by atoms with Crippen LogP contribution in [0.1, 0.15) is 42.9 Å². The molecular formula is C16H21N3OS. The van der Waals surface area contributed by atoms with E-state index in [9.17, 15) is 4.79 Å². The number of hydrogen-bond donors (Lipinski definition) is 1. The molecule has 1 aromatic heterocycles. The van der Waals surface area contributed by atoms with Crippen molar-refractivity contribution in [3.05, 3.63) is 41.6 Å². The topological polar surface area (TPSA) is 46.9 Å². The van der Waals surface area contributed by atoms with E-state index in [0.717, 1.165) is 22.2 Å². The smallest absolute Gasteiger partial charge is 0.257 e. The lowest BCUT2D eigenvalue weighted by molar-refractivity contribution is 0.102. The van der Waals surface area contributed by atoms with Gasteiger partial charge >= 0.3 is 0 Å². The predicted molar refractivity (Wildman–Crippen MR) is 88.1 cm³/mol. The standard InChI is InChI=1S/C16H21N3OS/c1-5-21-14-9-7-6-8-13(14)16(20)17-15-10-12(4)18-19(15)11(2)3/h6-11H,5H2,1-4H3,(H,17,20). The number of benzene rings is 1. The number of thioether (sulfide) groups is 1. The van der Waals surface area contributed by atoms with Crippen LogP contribution in [0.15, 0.2) is 35.2 Å². The van der Waals surface area contributed by atoms with E-state index >= 15 is 0 Å². The van der Waals surface area contributed by atoms with E-state index in [4.69, 9.17) is 0 Å². The summed E-state index contributed by atoms with van der Waals surface area (Å²) in [6.07, 6.45) is 0. The molecule has 4 nitrogen and oxygen atoms in total. The van der Waals surface area contributed by atoms with Crippen molar-refractivity contribution in [1.82, 2.24) is 9.78 Å². The summed E-state index contributed by atoms with van der Waals surface area (Å²) >= 11 is 1.67. The number of rotatable bonds is 5. The Bertz CT molecular complexity index is 634. The van der Waals surface area contributed by atoms with E-state index in [1.165, 1.54) is 0 Å². The molecule has 0 fully saturated rings. The van der Waals surface area contributed by atoms with Gasteiger partial charge in [-0.25, -0.2) is 4.68 Å². The van der Waals surface area contributed by atoms with Gasteiger partial charge in [-0.2, -0.15) is 5.10 Å². The van der Waals surface area contributed by atoms with Crippen LogP contribution in [-0.4, -0.2) is 21.4 Å². The Labute approximate surface area is 129 Å². The molecular weight excluding hydrogens is 282 g/mol. The highest BCUT2D eigenvalue weighted by molar-refractivity contribution is 7.99. The zero-order valence-electron chi connectivity index (χ0n) is 12.9. The zero-order valence-corrected chi connectivity index (χ0v) is 13.7. The quantitative estimate of drug-likeness (QED) is 0.845. The maximum atomic E-state index is 12.5. The summed E-state index contributed by atoms with van der Waals surface area (Å²) in [5.41, 5.74) is 1.61. The molecule has 0 saturated carbocycles. The Morgan fingerprint density at radius 3 is 2.76 bits per heavy atom. The summed E-state index contributed by atoms with van der Waals surface area (Å²) in [6.45, 7) is 8.10. The maximum Gasteiger partial charge on any atom is 0.257 e. The summed E-state index contributed by atoms with van der Waals surface area (Å²) in [4.78, 5) is 13.5. The highest BCUT2D eigenvalue weighted by Gasteiger charge is 2.15. The van der Waals surface area contributed by atoms with Gasteiger partial charge in [0, 0.05) is 17.0 Å². The first kappa shape index (κ1) is 15.6. The van der Waals surface area contributed by atoms with E-state index in [1.807, 2.05) is 55.8 Å². The number of carbonyl (C=O) groups excluding carboxylic acids is 1. The molecule has 0 radical (unpaired) electrons. The zero-order chi connectivity index (χ0) is 15.4. The van der Waals surface area contributed by atoms with Gasteiger partial charge in [0.05, 0.1) is 11.3 Å². The Hall–Kier alpha value is -1.75. The van der Waals surface area contributed by atoms with Gasteiger partial charge in [0.25, 0.3) is 5.91 Å². The second kappa shape index (κ2) is 6.80. The summed E-state index contributed by atoms with van der Waals surface area (Å²) in [7, 11) is 0. The second-order valence-electron chi connectivity index (χ2n) is 5.09. The SMILES string of the molecule is CCSc1ccccc1C(=O)Nc1cc(C)nn1C(C)C. The lowest BCUT2D eigenvalue weighted by atomic mass is 10.2. The van der Waals surface area contributed by atoms with Gasteiger partial charge in [-0.15, -0.1) is 11.8 Å². The molecule has 0 atom stereocenters. The Morgan fingerprint density at radius 1 is 1.38 bits per heavy atom. The molecule has 0 aliphatic rings. The molecule has 1 amide bonds. The Balaban J connectivity index is 2.26. The number of anilines is 1. The Kier molecular flexibility index (Phi) is 5.07. The van der Waals surface area contributed by atoms with Crippen molar-refractivity contribution in [1.29, 1.82) is 0 Å². The third-order valence-electron chi connectivity index (χ3n) is 3.02. The molecule has 1 heterocycles. The molecule has 0 aliphatic carbocycles. The molecule has 1 aromatic carbocycles. The number of amides is 1. The highest BCUT2D eigenvalue weighted by Crippen LogP contribution is 2.24. The van der Waals surface area contributed by atoms with Gasteiger partial charge in [0.1, 0.15) is 5.82 Å². The van der Waals surface area contributed by atoms with Crippen molar-refractivity contribution >= 4 is 23.5 Å². The largest absolute Gasteiger partial charge is 0.307 e. The van der Waals surface area contributed by atoms with Crippen molar-refractivity contribution in [2.75, 3.05) is 11.1 Å². The van der Waals surface area contributed by atoms with Crippen LogP contribution >= 0.6 is 11.8 Å². The average molecular weight is 303 g/mol. The van der Waals surface area contributed by atoms with Crippen LogP contribution in [0.2, 0.25) is 0 Å². The minimum atomic E-state index is -0.0895. The van der Waals surface area contributed by atoms with Crippen molar-refractivity contribution in [2.45, 2.75) is 38.6 Å². The molecule has 1 N–H and O–H groups in total. The summed E-state index contributed by atoms with van der Waals surface area (Å²) in [6, 6.07) is 9.78. The third-order valence-corrected chi connectivity index (χ3v) is 3.98. The molecule has 21 heavy (non-hydrogen) atoms. The molecule has 2 rings (SSSR count). The van der Waals surface area contributed by atoms with Crippen LogP contribution in [0, 0.1) is 6.92 Å². The molecule has 2 aromatic rings. The first-order valence-electron chi connectivity index (χ1n) is 7.12. The van der Waals surface area contributed by atoms with Crippen molar-refractivity contribution in [3.63, 3.8) is 0 Å². The van der Waals surface area contributed by atoms with Gasteiger partial charge in [-0.05, 0) is 38.7 Å². The van der Waals surface area contributed by atoms with Crippen LogP contribution in [0.5, 0.6) is 0 Å². The van der Waals surface area contributed by atoms with Crippen molar-refractivity contribution in [2.24, 2.45) is 0 Å². The van der Waals surface area contributed by atoms with Crippen LogP contribution in [0.3, 0.4) is 0 Å². The molecule has 0 aliphatic heterocycles. The fourth-order valence-corrected chi connectivity index (χ4v) is 2.92. The minimum Gasteiger partial charge on any atom is -0.307 e. The van der Waals surface area contributed by atoms with E-state index in [0.29, 0.717) is 5.56 Å². The van der Waals surface area contributed by atoms with Crippen molar-refractivity contribution < 1.29 is 4.79 Å². The minimum absolute atomic E-state index is 0.0895. The normalized spacial score (nSPS) is 10.9. The van der Waals surface area contributed by atoms with Gasteiger partial charge in [0.15, 0.2) is 0 Å². The first-order valence-corrected chi connectivity index (χ1v) is 8.10. The van der Waals surface area contributed by atoms with Gasteiger partial charge in [-0.1, -0.05) is 19.1 Å². The number of aromatic nitrogens is 2. The number of carbonyl (C=O) groups is 1. The maximum absolute atomic E-state index is 12.5. The summed E-state index contributed by atoms with van der Waals surface area (Å²) < 4.78 is 1.84. The van der Waals surface area contributed by atoms with Crippen molar-refractivity contribution in [3.8, 4) is 0 Å². The van der Waals surface area contributed by atoms with E-state index in [2.05, 4.69) is 17.3 Å². The fraction of sp³-hybridized carbons (Fsp3) is 0.375. The monoisotopic (exact) mass is 303 g/mol. The van der Waals surface area contributed by atoms with Gasteiger partial charge < -0.3 is 5.32 Å². The number of aryl methyl sites for hydroxylation is 1. The fourth-order valence-electron chi connectivity index (χ4n) is 2.12. The van der Waals surface area contributed by atoms with Crippen LogP contribution in [-0.2, 0) is 0 Å². The van der Waals surface area contributed by atoms with E-state index in [-0.39, 0.29) is 11.9 Å². The molecule has 0 bridgehead atoms. The third kappa shape index (κ3) is 3.67. The summed E-state index contributed by atoms with van der Waals surface area (Å²) in [5.74, 6) is 1.59. The lowest BCUT2D eigenvalue weighted by Crippen LogP contribution is -2.17. The van der Waals surface area contributed by atoms with E-state index < -0.39 is 0 Å². The summed E-state index contributed by atoms with van der Waals surface area (Å²) in [5, 5.41) is 7.39. The van der Waals surface area contributed by atoms with Crippen LogP contribution in [0.25, 0.3) is 0 Å². The first-order chi connectivity index (χ1) is 10.0. The van der Waals surface area contributed by atoms with E-state index in [1.54, 1.807) is 11.8 Å². The second-order valence-corrected chi connectivity index (χ2v) is 6.40. The van der Waals surface area contributed by atoms with Crippen LogP contribution < -0.4 is 5.32 Å². The highest BCUT2D eigenvalue weighted by atomic mass is 32.2. The number of hydrogen-bond acceptors (Lipinski definition) is 3. The van der Waals surface area contributed by atoms with Gasteiger partial charge in [0.2, 0.25) is 0 Å². The molecule has 0 spiro atoms.